The van der Waals surface area contributed by atoms with Crippen LogP contribution in [0.3, 0.4) is 0 Å². The summed E-state index contributed by atoms with van der Waals surface area (Å²) in [5.74, 6) is 0.350. The van der Waals surface area contributed by atoms with Crippen molar-refractivity contribution in [2.24, 2.45) is 11.3 Å². The quantitative estimate of drug-likeness (QED) is 0.245. The van der Waals surface area contributed by atoms with Gasteiger partial charge in [0.25, 0.3) is 0 Å². The third kappa shape index (κ3) is 7.74. The fourth-order valence-corrected chi connectivity index (χ4v) is 4.65. The Morgan fingerprint density at radius 1 is 1.25 bits per heavy atom. The second-order valence-electron chi connectivity index (χ2n) is 9.63. The molecule has 1 aliphatic carbocycles. The van der Waals surface area contributed by atoms with Crippen LogP contribution in [0.4, 0.5) is 17.3 Å². The van der Waals surface area contributed by atoms with Gasteiger partial charge in [-0.2, -0.15) is 0 Å². The van der Waals surface area contributed by atoms with Crippen LogP contribution in [0.25, 0.3) is 0 Å². The lowest BCUT2D eigenvalue weighted by Gasteiger charge is -2.28. The number of amides is 3. The first-order valence-corrected chi connectivity index (χ1v) is 12.5. The van der Waals surface area contributed by atoms with Crippen molar-refractivity contribution in [3.8, 4) is 0 Å². The molecule has 2 aliphatic rings. The van der Waals surface area contributed by atoms with E-state index in [2.05, 4.69) is 34.4 Å². The lowest BCUT2D eigenvalue weighted by atomic mass is 10.00. The molecule has 0 bridgehead atoms. The molecular formula is C26H36N6O4. The van der Waals surface area contributed by atoms with Crippen molar-refractivity contribution < 1.29 is 19.6 Å². The van der Waals surface area contributed by atoms with Gasteiger partial charge in [0.1, 0.15) is 0 Å². The molecule has 1 saturated carbocycles. The molecule has 1 spiro atoms. The van der Waals surface area contributed by atoms with E-state index in [1.807, 2.05) is 17.0 Å². The van der Waals surface area contributed by atoms with Gasteiger partial charge in [0, 0.05) is 36.4 Å². The molecule has 2 aromatic rings. The van der Waals surface area contributed by atoms with Gasteiger partial charge in [0.05, 0.1) is 12.5 Å². The largest absolute Gasteiger partial charge is 0.339 e. The number of carbonyl (C=O) groups is 3. The molecule has 0 radical (unpaired) electrons. The number of rotatable bonds is 11. The summed E-state index contributed by atoms with van der Waals surface area (Å²) in [7, 11) is 0. The number of carbonyl (C=O) groups excluding carboxylic acids is 3. The Morgan fingerprint density at radius 3 is 2.58 bits per heavy atom. The van der Waals surface area contributed by atoms with Crippen LogP contribution in [0.2, 0.25) is 0 Å². The number of hydroxylamine groups is 2. The minimum atomic E-state index is -0.276. The predicted octanol–water partition coefficient (Wildman–Crippen LogP) is 3.83. The van der Waals surface area contributed by atoms with Gasteiger partial charge in [-0.25, -0.2) is 15.0 Å². The smallest absolute Gasteiger partial charge is 0.233 e. The number of unbranched alkanes of at least 4 members (excludes halogenated alkanes) is 1. The zero-order valence-electron chi connectivity index (χ0n) is 21.0. The Morgan fingerprint density at radius 2 is 1.97 bits per heavy atom. The SMILES string of the molecule is CCCCC(CN(O)C=O)C(=O)N1CC2(CC2)CC1C.O=CNc1cccc(Nc2ncccn2)c1. The number of nitrogens with zero attached hydrogens (tertiary/aromatic N) is 4. The van der Waals surface area contributed by atoms with Gasteiger partial charge < -0.3 is 15.5 Å². The van der Waals surface area contributed by atoms with E-state index in [0.717, 1.165) is 43.6 Å². The molecule has 2 atom stereocenters. The van der Waals surface area contributed by atoms with E-state index >= 15 is 0 Å². The van der Waals surface area contributed by atoms with Gasteiger partial charge in [-0.1, -0.05) is 25.8 Å². The van der Waals surface area contributed by atoms with Crippen LogP contribution < -0.4 is 10.6 Å². The van der Waals surface area contributed by atoms with Crippen molar-refractivity contribution in [1.29, 1.82) is 0 Å². The van der Waals surface area contributed by atoms with Crippen LogP contribution in [0, 0.1) is 11.3 Å². The first kappa shape index (κ1) is 27.1. The summed E-state index contributed by atoms with van der Waals surface area (Å²) in [6, 6.07) is 9.33. The maximum absolute atomic E-state index is 12.7. The minimum Gasteiger partial charge on any atom is -0.339 e. The van der Waals surface area contributed by atoms with E-state index in [9.17, 15) is 19.6 Å². The summed E-state index contributed by atoms with van der Waals surface area (Å²) in [5.41, 5.74) is 1.93. The Hall–Kier alpha value is -3.53. The fourth-order valence-electron chi connectivity index (χ4n) is 4.65. The molecule has 2 unspecified atom stereocenters. The molecule has 1 saturated heterocycles. The Balaban J connectivity index is 0.000000205. The Bertz CT molecular complexity index is 1000. The summed E-state index contributed by atoms with van der Waals surface area (Å²) in [6.45, 7) is 5.16. The van der Waals surface area contributed by atoms with Gasteiger partial charge in [-0.05, 0) is 62.3 Å². The van der Waals surface area contributed by atoms with Crippen molar-refractivity contribution in [3.63, 3.8) is 0 Å². The summed E-state index contributed by atoms with van der Waals surface area (Å²) in [5, 5.41) is 15.6. The summed E-state index contributed by atoms with van der Waals surface area (Å²) in [6.07, 6.45) is 10.6. The number of benzene rings is 1. The van der Waals surface area contributed by atoms with Crippen molar-refractivity contribution in [3.05, 3.63) is 42.7 Å². The number of likely N-dealkylation sites (tertiary alicyclic amines) is 1. The molecule has 1 aromatic heterocycles. The fraction of sp³-hybridized carbons (Fsp3) is 0.500. The monoisotopic (exact) mass is 496 g/mol. The van der Waals surface area contributed by atoms with Crippen LogP contribution in [0.15, 0.2) is 42.7 Å². The molecule has 10 heteroatoms. The standard InChI is InChI=1S/C15H26N2O3.C11H10N4O/c1-3-4-5-13(9-16(20)11-18)14(19)17-10-15(6-7-15)8-12(17)2;16-8-14-9-3-1-4-10(7-9)15-11-12-5-2-6-13-11/h11-13,20H,3-10H2,1-2H3;1-8H,(H,14,16)(H,12,13,15). The van der Waals surface area contributed by atoms with E-state index < -0.39 is 0 Å². The Kier molecular flexibility index (Phi) is 9.75. The average Bonchev–Trinajstić information content (AvgIpc) is 3.56. The van der Waals surface area contributed by atoms with Crippen LogP contribution in [-0.4, -0.2) is 63.0 Å². The van der Waals surface area contributed by atoms with Crippen molar-refractivity contribution in [1.82, 2.24) is 19.9 Å². The van der Waals surface area contributed by atoms with Crippen LogP contribution in [0.5, 0.6) is 0 Å². The molecule has 4 rings (SSSR count). The van der Waals surface area contributed by atoms with Gasteiger partial charge in [-0.3, -0.25) is 19.6 Å². The van der Waals surface area contributed by atoms with E-state index in [1.54, 1.807) is 30.6 Å². The van der Waals surface area contributed by atoms with Crippen LogP contribution in [-0.2, 0) is 14.4 Å². The van der Waals surface area contributed by atoms with Gasteiger partial charge in [0.15, 0.2) is 0 Å². The lowest BCUT2D eigenvalue weighted by molar-refractivity contribution is -0.157. The molecule has 10 nitrogen and oxygen atoms in total. The van der Waals surface area contributed by atoms with E-state index in [4.69, 9.17) is 0 Å². The van der Waals surface area contributed by atoms with Gasteiger partial charge >= 0.3 is 0 Å². The Labute approximate surface area is 212 Å². The third-order valence-corrected chi connectivity index (χ3v) is 6.70. The second-order valence-corrected chi connectivity index (χ2v) is 9.63. The summed E-state index contributed by atoms with van der Waals surface area (Å²) in [4.78, 5) is 43.6. The highest BCUT2D eigenvalue weighted by Crippen LogP contribution is 2.54. The molecule has 3 amide bonds. The number of hydrogen-bond donors (Lipinski definition) is 3. The molecule has 2 heterocycles. The van der Waals surface area contributed by atoms with Crippen LogP contribution >= 0.6 is 0 Å². The van der Waals surface area contributed by atoms with E-state index in [-0.39, 0.29) is 24.4 Å². The zero-order chi connectivity index (χ0) is 26.0. The molecule has 194 valence electrons. The normalized spacial score (nSPS) is 18.0. The molecule has 36 heavy (non-hydrogen) atoms. The number of hydrogen-bond acceptors (Lipinski definition) is 7. The zero-order valence-corrected chi connectivity index (χ0v) is 21.0. The topological polar surface area (TPSA) is 128 Å². The average molecular weight is 497 g/mol. The van der Waals surface area contributed by atoms with Crippen molar-refractivity contribution in [2.75, 3.05) is 23.7 Å². The molecule has 3 N–H and O–H groups in total. The van der Waals surface area contributed by atoms with E-state index in [0.29, 0.717) is 29.2 Å². The minimum absolute atomic E-state index is 0.107. The third-order valence-electron chi connectivity index (χ3n) is 6.70. The molecular weight excluding hydrogens is 460 g/mol. The first-order chi connectivity index (χ1) is 17.4. The van der Waals surface area contributed by atoms with Crippen molar-refractivity contribution in [2.45, 2.75) is 58.4 Å². The number of anilines is 3. The first-order valence-electron chi connectivity index (χ1n) is 12.5. The highest BCUT2D eigenvalue weighted by Gasteiger charge is 2.52. The summed E-state index contributed by atoms with van der Waals surface area (Å²) < 4.78 is 0. The van der Waals surface area contributed by atoms with Gasteiger partial charge in [0.2, 0.25) is 24.7 Å². The van der Waals surface area contributed by atoms with Crippen molar-refractivity contribution >= 4 is 36.1 Å². The highest BCUT2D eigenvalue weighted by atomic mass is 16.5. The van der Waals surface area contributed by atoms with E-state index in [1.165, 1.54) is 12.8 Å². The molecule has 1 aromatic carbocycles. The second kappa shape index (κ2) is 13.0. The van der Waals surface area contributed by atoms with Crippen LogP contribution in [0.1, 0.15) is 52.4 Å². The molecule has 2 fully saturated rings. The maximum atomic E-state index is 12.7. The number of nitrogens with one attached hydrogen (secondary N) is 2. The predicted molar refractivity (Wildman–Crippen MR) is 136 cm³/mol. The molecule has 1 aliphatic heterocycles. The number of aromatic nitrogens is 2. The summed E-state index contributed by atoms with van der Waals surface area (Å²) >= 11 is 0. The maximum Gasteiger partial charge on any atom is 0.233 e. The lowest BCUT2D eigenvalue weighted by Crippen LogP contribution is -2.42. The highest BCUT2D eigenvalue weighted by molar-refractivity contribution is 5.80. The van der Waals surface area contributed by atoms with Gasteiger partial charge in [-0.15, -0.1) is 0 Å².